The fourth-order valence-corrected chi connectivity index (χ4v) is 4.04. The average molecular weight is 228 g/mol. The first-order valence-electron chi connectivity index (χ1n) is 7.28. The van der Waals surface area contributed by atoms with Crippen LogP contribution < -0.4 is 0 Å². The van der Waals surface area contributed by atoms with Crippen LogP contribution in [0.5, 0.6) is 0 Å². The maximum atomic E-state index is 2.40. The molecule has 5 unspecified atom stereocenters. The van der Waals surface area contributed by atoms with Crippen molar-refractivity contribution in [3.63, 3.8) is 0 Å². The normalized spacial score (nSPS) is 46.7. The highest BCUT2D eigenvalue weighted by Gasteiger charge is 2.32. The molecule has 0 heteroatoms. The minimum absolute atomic E-state index is 0.833. The molecule has 2 saturated carbocycles. The summed E-state index contributed by atoms with van der Waals surface area (Å²) in [5.41, 5.74) is 1.67. The summed E-state index contributed by atoms with van der Waals surface area (Å²) in [5, 5.41) is 0. The second-order valence-electron chi connectivity index (χ2n) is 6.31. The maximum absolute atomic E-state index is 2.40. The third kappa shape index (κ3) is 2.14. The second-order valence-corrected chi connectivity index (χ2v) is 6.31. The summed E-state index contributed by atoms with van der Waals surface area (Å²) in [6.07, 6.45) is 17.5. The molecular weight excluding hydrogens is 204 g/mol. The summed E-state index contributed by atoms with van der Waals surface area (Å²) in [7, 11) is 0. The Kier molecular flexibility index (Phi) is 2.98. The van der Waals surface area contributed by atoms with Crippen LogP contribution in [0.3, 0.4) is 0 Å². The summed E-state index contributed by atoms with van der Waals surface area (Å²) in [6, 6.07) is 0. The molecule has 0 spiro atoms. The predicted molar refractivity (Wildman–Crippen MR) is 73.6 cm³/mol. The Hall–Kier alpha value is -0.780. The van der Waals surface area contributed by atoms with E-state index in [1.807, 2.05) is 0 Å². The van der Waals surface area contributed by atoms with Crippen LogP contribution >= 0.6 is 0 Å². The summed E-state index contributed by atoms with van der Waals surface area (Å²) < 4.78 is 0. The molecule has 0 amide bonds. The van der Waals surface area contributed by atoms with Crippen molar-refractivity contribution in [2.75, 3.05) is 0 Å². The molecule has 92 valence electrons. The number of hydrogen-bond donors (Lipinski definition) is 0. The smallest absolute Gasteiger partial charge is 0.00174 e. The van der Waals surface area contributed by atoms with Crippen LogP contribution in [0.25, 0.3) is 0 Å². The largest absolute Gasteiger partial charge is 0.0878 e. The predicted octanol–water partition coefficient (Wildman–Crippen LogP) is 4.75. The van der Waals surface area contributed by atoms with E-state index in [2.05, 4.69) is 44.2 Å². The lowest BCUT2D eigenvalue weighted by Gasteiger charge is -2.09. The van der Waals surface area contributed by atoms with E-state index in [1.165, 1.54) is 25.7 Å². The fourth-order valence-electron chi connectivity index (χ4n) is 4.04. The number of rotatable bonds is 0. The first-order valence-corrected chi connectivity index (χ1v) is 7.28. The molecule has 0 radical (unpaired) electrons. The van der Waals surface area contributed by atoms with Gasteiger partial charge in [0.15, 0.2) is 0 Å². The van der Waals surface area contributed by atoms with Gasteiger partial charge in [0.25, 0.3) is 0 Å². The first-order chi connectivity index (χ1) is 8.26. The van der Waals surface area contributed by atoms with Gasteiger partial charge in [-0.3, -0.25) is 0 Å². The molecule has 0 N–H and O–H groups in total. The van der Waals surface area contributed by atoms with Gasteiger partial charge in [0.05, 0.1) is 0 Å². The van der Waals surface area contributed by atoms with Crippen LogP contribution in [-0.4, -0.2) is 0 Å². The van der Waals surface area contributed by atoms with Crippen molar-refractivity contribution in [2.45, 2.75) is 39.5 Å². The van der Waals surface area contributed by atoms with Crippen LogP contribution in [0.15, 0.2) is 36.0 Å². The monoisotopic (exact) mass is 228 g/mol. The number of allylic oxidation sites excluding steroid dienone is 6. The molecule has 4 aliphatic rings. The van der Waals surface area contributed by atoms with Gasteiger partial charge in [-0.05, 0) is 62.2 Å². The molecule has 0 nitrogen and oxygen atoms in total. The van der Waals surface area contributed by atoms with Crippen molar-refractivity contribution in [1.29, 1.82) is 0 Å². The molecular formula is C17H24. The average Bonchev–Trinajstić information content (AvgIpc) is 3.09. The lowest BCUT2D eigenvalue weighted by Crippen LogP contribution is -1.99. The molecule has 0 aromatic carbocycles. The van der Waals surface area contributed by atoms with E-state index in [4.69, 9.17) is 0 Å². The van der Waals surface area contributed by atoms with E-state index in [9.17, 15) is 0 Å². The van der Waals surface area contributed by atoms with E-state index in [-0.39, 0.29) is 0 Å². The highest BCUT2D eigenvalue weighted by Crippen LogP contribution is 2.43. The molecule has 0 heterocycles. The highest BCUT2D eigenvalue weighted by atomic mass is 14.4. The first kappa shape index (κ1) is 11.3. The zero-order valence-electron chi connectivity index (χ0n) is 11.1. The standard InChI is InChI=1S/C9H12.C8H12/c1-2-8-5-7-3-4-9(8)6-7;1-6-4-7-2-3-8(6)5-7/h2-4,7,9H,5-6H2,1H3;2-3,6-8H,4-5H2,1H3/b8-2-;. The molecule has 2 fully saturated rings. The number of hydrogen-bond acceptors (Lipinski definition) is 0. The second kappa shape index (κ2) is 4.48. The molecule has 4 bridgehead atoms. The van der Waals surface area contributed by atoms with Gasteiger partial charge in [-0.1, -0.05) is 42.9 Å². The van der Waals surface area contributed by atoms with Crippen LogP contribution in [0, 0.1) is 29.6 Å². The SMILES string of the molecule is C/C=C1/CC2C=CC1C2.CC1CC2C=CC1C2. The minimum atomic E-state index is 0.833. The Morgan fingerprint density at radius 3 is 2.12 bits per heavy atom. The van der Waals surface area contributed by atoms with E-state index in [0.29, 0.717) is 0 Å². The Bertz CT molecular complexity index is 371. The minimum Gasteiger partial charge on any atom is -0.0878 e. The fraction of sp³-hybridized carbons (Fsp3) is 0.647. The molecule has 0 aliphatic heterocycles. The van der Waals surface area contributed by atoms with Gasteiger partial charge in [0, 0.05) is 0 Å². The van der Waals surface area contributed by atoms with Crippen LogP contribution in [0.1, 0.15) is 39.5 Å². The number of fused-ring (bicyclic) bond motifs is 4. The van der Waals surface area contributed by atoms with E-state index in [0.717, 1.165) is 29.6 Å². The van der Waals surface area contributed by atoms with E-state index in [1.54, 1.807) is 5.57 Å². The molecule has 5 atom stereocenters. The topological polar surface area (TPSA) is 0 Å². The molecule has 4 rings (SSSR count). The van der Waals surface area contributed by atoms with Crippen molar-refractivity contribution < 1.29 is 0 Å². The molecule has 17 heavy (non-hydrogen) atoms. The summed E-state index contributed by atoms with van der Waals surface area (Å²) >= 11 is 0. The molecule has 0 aromatic heterocycles. The third-order valence-corrected chi connectivity index (χ3v) is 5.13. The van der Waals surface area contributed by atoms with Crippen molar-refractivity contribution in [2.24, 2.45) is 29.6 Å². The maximum Gasteiger partial charge on any atom is -0.00174 e. The Morgan fingerprint density at radius 2 is 1.82 bits per heavy atom. The van der Waals surface area contributed by atoms with Gasteiger partial charge >= 0.3 is 0 Å². The van der Waals surface area contributed by atoms with Crippen LogP contribution in [0.2, 0.25) is 0 Å². The summed E-state index contributed by atoms with van der Waals surface area (Å²) in [6.45, 7) is 4.53. The van der Waals surface area contributed by atoms with Crippen LogP contribution in [-0.2, 0) is 0 Å². The van der Waals surface area contributed by atoms with Gasteiger partial charge < -0.3 is 0 Å². The van der Waals surface area contributed by atoms with Crippen molar-refractivity contribution in [3.8, 4) is 0 Å². The van der Waals surface area contributed by atoms with Gasteiger partial charge in [0.2, 0.25) is 0 Å². The van der Waals surface area contributed by atoms with Crippen molar-refractivity contribution >= 4 is 0 Å². The van der Waals surface area contributed by atoms with Crippen molar-refractivity contribution in [3.05, 3.63) is 36.0 Å². The van der Waals surface area contributed by atoms with Gasteiger partial charge in [0.1, 0.15) is 0 Å². The van der Waals surface area contributed by atoms with Gasteiger partial charge in [-0.2, -0.15) is 0 Å². The quantitative estimate of drug-likeness (QED) is 0.525. The molecule has 4 aliphatic carbocycles. The van der Waals surface area contributed by atoms with E-state index < -0.39 is 0 Å². The third-order valence-electron chi connectivity index (χ3n) is 5.13. The molecule has 0 aromatic rings. The van der Waals surface area contributed by atoms with Crippen LogP contribution in [0.4, 0.5) is 0 Å². The van der Waals surface area contributed by atoms with Gasteiger partial charge in [-0.25, -0.2) is 0 Å². The van der Waals surface area contributed by atoms with Crippen molar-refractivity contribution in [1.82, 2.24) is 0 Å². The molecule has 0 saturated heterocycles. The Morgan fingerprint density at radius 1 is 1.00 bits per heavy atom. The summed E-state index contributed by atoms with van der Waals surface area (Å²) in [5.74, 6) is 4.65. The Balaban J connectivity index is 0.000000107. The highest BCUT2D eigenvalue weighted by molar-refractivity contribution is 5.26. The zero-order chi connectivity index (χ0) is 11.8. The van der Waals surface area contributed by atoms with E-state index >= 15 is 0 Å². The summed E-state index contributed by atoms with van der Waals surface area (Å²) in [4.78, 5) is 0. The lowest BCUT2D eigenvalue weighted by molar-refractivity contribution is 0.493. The van der Waals surface area contributed by atoms with Gasteiger partial charge in [-0.15, -0.1) is 0 Å². The lowest BCUT2D eigenvalue weighted by atomic mass is 9.96. The zero-order valence-corrected chi connectivity index (χ0v) is 11.1. The Labute approximate surface area is 105 Å².